The molecule has 1 saturated heterocycles. The van der Waals surface area contributed by atoms with E-state index in [0.29, 0.717) is 11.8 Å². The molecule has 1 saturated carbocycles. The second kappa shape index (κ2) is 5.00. The molecule has 2 aliphatic rings. The van der Waals surface area contributed by atoms with Crippen molar-refractivity contribution < 1.29 is 4.52 Å². The van der Waals surface area contributed by atoms with Crippen molar-refractivity contribution in [3.05, 3.63) is 11.7 Å². The Bertz CT molecular complexity index is 403. The molecule has 0 aromatic carbocycles. The lowest BCUT2D eigenvalue weighted by Gasteiger charge is -2.26. The number of hydrogen-bond donors (Lipinski definition) is 1. The summed E-state index contributed by atoms with van der Waals surface area (Å²) in [4.78, 5) is 4.66. The summed E-state index contributed by atoms with van der Waals surface area (Å²) >= 11 is 0. The lowest BCUT2D eigenvalue weighted by molar-refractivity contribution is 0.238. The van der Waals surface area contributed by atoms with Crippen LogP contribution in [0.3, 0.4) is 0 Å². The molecule has 1 aromatic heterocycles. The number of nitrogens with zero attached hydrogens (tertiary/aromatic N) is 2. The third kappa shape index (κ3) is 2.30. The molecular formula is C14H23N3O. The molecule has 2 heterocycles. The molecule has 100 valence electrons. The van der Waals surface area contributed by atoms with E-state index in [1.165, 1.54) is 32.1 Å². The van der Waals surface area contributed by atoms with Crippen molar-refractivity contribution in [2.45, 2.75) is 57.9 Å². The first-order valence-corrected chi connectivity index (χ1v) is 7.31. The summed E-state index contributed by atoms with van der Waals surface area (Å²) in [5.41, 5.74) is 0. The zero-order chi connectivity index (χ0) is 12.5. The van der Waals surface area contributed by atoms with Crippen molar-refractivity contribution in [2.75, 3.05) is 6.54 Å². The van der Waals surface area contributed by atoms with E-state index in [-0.39, 0.29) is 6.04 Å². The average molecular weight is 249 g/mol. The number of rotatable bonds is 2. The summed E-state index contributed by atoms with van der Waals surface area (Å²) in [5.74, 6) is 3.67. The molecule has 0 bridgehead atoms. The first-order chi connectivity index (χ1) is 8.74. The molecule has 1 aromatic rings. The molecule has 0 radical (unpaired) electrons. The fourth-order valence-electron chi connectivity index (χ4n) is 3.36. The minimum atomic E-state index is 0.263. The predicted octanol–water partition coefficient (Wildman–Crippen LogP) is 3.03. The van der Waals surface area contributed by atoms with E-state index >= 15 is 0 Å². The van der Waals surface area contributed by atoms with E-state index in [9.17, 15) is 0 Å². The molecule has 1 aliphatic carbocycles. The summed E-state index contributed by atoms with van der Waals surface area (Å²) < 4.78 is 5.50. The first kappa shape index (κ1) is 12.2. The Kier molecular flexibility index (Phi) is 3.37. The Morgan fingerprint density at radius 2 is 2.11 bits per heavy atom. The number of piperidine rings is 1. The SMILES string of the molecule is CC1CCC(c2noc(C3NCCCC3C)n2)C1. The van der Waals surface area contributed by atoms with Gasteiger partial charge in [-0.15, -0.1) is 0 Å². The van der Waals surface area contributed by atoms with Gasteiger partial charge >= 0.3 is 0 Å². The number of hydrogen-bond acceptors (Lipinski definition) is 4. The predicted molar refractivity (Wildman–Crippen MR) is 69.2 cm³/mol. The maximum Gasteiger partial charge on any atom is 0.244 e. The lowest BCUT2D eigenvalue weighted by Crippen LogP contribution is -2.33. The summed E-state index contributed by atoms with van der Waals surface area (Å²) in [6, 6.07) is 0.263. The van der Waals surface area contributed by atoms with E-state index in [2.05, 4.69) is 29.3 Å². The van der Waals surface area contributed by atoms with Crippen LogP contribution in [0.15, 0.2) is 4.52 Å². The zero-order valence-electron chi connectivity index (χ0n) is 11.4. The molecule has 0 amide bonds. The van der Waals surface area contributed by atoms with E-state index < -0.39 is 0 Å². The topological polar surface area (TPSA) is 51.0 Å². The van der Waals surface area contributed by atoms with E-state index in [4.69, 9.17) is 4.52 Å². The normalized spacial score (nSPS) is 37.0. The van der Waals surface area contributed by atoms with Crippen LogP contribution < -0.4 is 5.32 Å². The second-order valence-corrected chi connectivity index (χ2v) is 6.16. The highest BCUT2D eigenvalue weighted by Crippen LogP contribution is 2.37. The van der Waals surface area contributed by atoms with Crippen LogP contribution >= 0.6 is 0 Å². The van der Waals surface area contributed by atoms with Crippen LogP contribution in [0.2, 0.25) is 0 Å². The maximum absolute atomic E-state index is 5.50. The number of nitrogens with one attached hydrogen (secondary N) is 1. The van der Waals surface area contributed by atoms with Crippen molar-refractivity contribution in [3.63, 3.8) is 0 Å². The monoisotopic (exact) mass is 249 g/mol. The standard InChI is InChI=1S/C14H23N3O/c1-9-5-6-11(8-9)13-16-14(18-17-13)12-10(2)4-3-7-15-12/h9-12,15H,3-8H2,1-2H3. The molecule has 4 atom stereocenters. The Hall–Kier alpha value is -0.900. The van der Waals surface area contributed by atoms with Gasteiger partial charge in [-0.3, -0.25) is 0 Å². The van der Waals surface area contributed by atoms with Crippen LogP contribution in [-0.4, -0.2) is 16.7 Å². The summed E-state index contributed by atoms with van der Waals surface area (Å²) in [6.07, 6.45) is 6.22. The average Bonchev–Trinajstić information content (AvgIpc) is 2.98. The molecule has 3 rings (SSSR count). The fraction of sp³-hybridized carbons (Fsp3) is 0.857. The van der Waals surface area contributed by atoms with Crippen molar-refractivity contribution in [1.29, 1.82) is 0 Å². The van der Waals surface area contributed by atoms with Gasteiger partial charge < -0.3 is 9.84 Å². The van der Waals surface area contributed by atoms with Crippen molar-refractivity contribution in [3.8, 4) is 0 Å². The Balaban J connectivity index is 1.72. The van der Waals surface area contributed by atoms with E-state index in [0.717, 1.165) is 24.2 Å². The molecule has 2 fully saturated rings. The van der Waals surface area contributed by atoms with Crippen molar-refractivity contribution >= 4 is 0 Å². The first-order valence-electron chi connectivity index (χ1n) is 7.31. The van der Waals surface area contributed by atoms with Gasteiger partial charge in [0.1, 0.15) is 0 Å². The highest BCUT2D eigenvalue weighted by atomic mass is 16.5. The maximum atomic E-state index is 5.50. The second-order valence-electron chi connectivity index (χ2n) is 6.16. The fourth-order valence-corrected chi connectivity index (χ4v) is 3.36. The third-order valence-electron chi connectivity index (χ3n) is 4.55. The molecule has 0 spiro atoms. The van der Waals surface area contributed by atoms with Gasteiger partial charge in [0.15, 0.2) is 5.82 Å². The van der Waals surface area contributed by atoms with Crippen LogP contribution in [0, 0.1) is 11.8 Å². The highest BCUT2D eigenvalue weighted by Gasteiger charge is 2.31. The van der Waals surface area contributed by atoms with Crippen LogP contribution in [-0.2, 0) is 0 Å². The molecular weight excluding hydrogens is 226 g/mol. The van der Waals surface area contributed by atoms with Crippen LogP contribution in [0.25, 0.3) is 0 Å². The Morgan fingerprint density at radius 3 is 2.83 bits per heavy atom. The molecule has 1 aliphatic heterocycles. The minimum absolute atomic E-state index is 0.263. The highest BCUT2D eigenvalue weighted by molar-refractivity contribution is 5.02. The molecule has 1 N–H and O–H groups in total. The van der Waals surface area contributed by atoms with Gasteiger partial charge in [-0.05, 0) is 50.5 Å². The van der Waals surface area contributed by atoms with Gasteiger partial charge in [0.25, 0.3) is 0 Å². The van der Waals surface area contributed by atoms with Gasteiger partial charge in [-0.2, -0.15) is 4.98 Å². The van der Waals surface area contributed by atoms with Crippen molar-refractivity contribution in [2.24, 2.45) is 11.8 Å². The van der Waals surface area contributed by atoms with E-state index in [1.807, 2.05) is 0 Å². The molecule has 18 heavy (non-hydrogen) atoms. The smallest absolute Gasteiger partial charge is 0.244 e. The number of aromatic nitrogens is 2. The summed E-state index contributed by atoms with van der Waals surface area (Å²) in [7, 11) is 0. The van der Waals surface area contributed by atoms with Gasteiger partial charge in [0.2, 0.25) is 5.89 Å². The molecule has 4 unspecified atom stereocenters. The molecule has 4 nitrogen and oxygen atoms in total. The largest absolute Gasteiger partial charge is 0.338 e. The minimum Gasteiger partial charge on any atom is -0.338 e. The van der Waals surface area contributed by atoms with Gasteiger partial charge in [0, 0.05) is 5.92 Å². The van der Waals surface area contributed by atoms with Crippen LogP contribution in [0.5, 0.6) is 0 Å². The summed E-state index contributed by atoms with van der Waals surface area (Å²) in [5, 5.41) is 7.72. The van der Waals surface area contributed by atoms with E-state index in [1.54, 1.807) is 0 Å². The zero-order valence-corrected chi connectivity index (χ0v) is 11.4. The van der Waals surface area contributed by atoms with Crippen LogP contribution in [0.1, 0.15) is 69.6 Å². The Morgan fingerprint density at radius 1 is 1.22 bits per heavy atom. The third-order valence-corrected chi connectivity index (χ3v) is 4.55. The van der Waals surface area contributed by atoms with Crippen molar-refractivity contribution in [1.82, 2.24) is 15.5 Å². The van der Waals surface area contributed by atoms with Gasteiger partial charge in [-0.1, -0.05) is 19.0 Å². The Labute approximate surface area is 109 Å². The summed E-state index contributed by atoms with van der Waals surface area (Å²) in [6.45, 7) is 5.64. The van der Waals surface area contributed by atoms with Gasteiger partial charge in [-0.25, -0.2) is 0 Å². The quantitative estimate of drug-likeness (QED) is 0.875. The van der Waals surface area contributed by atoms with Gasteiger partial charge in [0.05, 0.1) is 6.04 Å². The molecule has 4 heteroatoms. The lowest BCUT2D eigenvalue weighted by atomic mass is 9.93. The van der Waals surface area contributed by atoms with Crippen LogP contribution in [0.4, 0.5) is 0 Å².